The number of aliphatic hydroxyl groups is 1. The van der Waals surface area contributed by atoms with Gasteiger partial charge in [0.25, 0.3) is 0 Å². The highest BCUT2D eigenvalue weighted by Crippen LogP contribution is 2.16. The predicted molar refractivity (Wildman–Crippen MR) is 59.7 cm³/mol. The summed E-state index contributed by atoms with van der Waals surface area (Å²) < 4.78 is 0. The summed E-state index contributed by atoms with van der Waals surface area (Å²) in [5, 5.41) is 11.9. The Morgan fingerprint density at radius 2 is 2.00 bits per heavy atom. The van der Waals surface area contributed by atoms with Crippen LogP contribution >= 0.6 is 0 Å². The highest BCUT2D eigenvalue weighted by Gasteiger charge is 2.25. The van der Waals surface area contributed by atoms with E-state index in [0.29, 0.717) is 0 Å². The fourth-order valence-corrected chi connectivity index (χ4v) is 1.62. The topological polar surface area (TPSA) is 52.6 Å². The van der Waals surface area contributed by atoms with E-state index >= 15 is 0 Å². The molecule has 1 aliphatic heterocycles. The van der Waals surface area contributed by atoms with Crippen LogP contribution in [-0.4, -0.2) is 41.3 Å². The zero-order chi connectivity index (χ0) is 11.5. The molecule has 15 heavy (non-hydrogen) atoms. The average molecular weight is 214 g/mol. The minimum absolute atomic E-state index is 0.0387. The SMILES string of the molecule is CC1CCN(C(=O)NC(C)(C)CO)CC1. The van der Waals surface area contributed by atoms with Crippen molar-refractivity contribution in [3.63, 3.8) is 0 Å². The van der Waals surface area contributed by atoms with Crippen molar-refractivity contribution in [2.45, 2.75) is 39.2 Å². The first-order valence-corrected chi connectivity index (χ1v) is 5.62. The molecule has 0 aromatic rings. The van der Waals surface area contributed by atoms with Crippen molar-refractivity contribution in [2.75, 3.05) is 19.7 Å². The Labute approximate surface area is 91.6 Å². The van der Waals surface area contributed by atoms with Gasteiger partial charge < -0.3 is 15.3 Å². The minimum atomic E-state index is -0.528. The molecule has 2 amide bonds. The molecule has 2 N–H and O–H groups in total. The molecule has 0 aliphatic carbocycles. The molecule has 0 saturated carbocycles. The molecule has 1 fully saturated rings. The molecule has 1 heterocycles. The van der Waals surface area contributed by atoms with E-state index in [1.165, 1.54) is 0 Å². The molecular formula is C11H22N2O2. The number of piperidine rings is 1. The van der Waals surface area contributed by atoms with Gasteiger partial charge in [-0.2, -0.15) is 0 Å². The van der Waals surface area contributed by atoms with Gasteiger partial charge in [0.15, 0.2) is 0 Å². The lowest BCUT2D eigenvalue weighted by Gasteiger charge is -2.33. The number of aliphatic hydroxyl groups excluding tert-OH is 1. The third-order valence-corrected chi connectivity index (χ3v) is 2.91. The van der Waals surface area contributed by atoms with Crippen LogP contribution in [0.25, 0.3) is 0 Å². The molecule has 88 valence electrons. The van der Waals surface area contributed by atoms with Crippen LogP contribution in [0.2, 0.25) is 0 Å². The first kappa shape index (κ1) is 12.3. The second kappa shape index (κ2) is 4.84. The summed E-state index contributed by atoms with van der Waals surface area (Å²) in [5.41, 5.74) is -0.528. The summed E-state index contributed by atoms with van der Waals surface area (Å²) in [5.74, 6) is 0.722. The summed E-state index contributed by atoms with van der Waals surface area (Å²) in [6, 6.07) is -0.0547. The highest BCUT2D eigenvalue weighted by atomic mass is 16.3. The Morgan fingerprint density at radius 3 is 2.47 bits per heavy atom. The minimum Gasteiger partial charge on any atom is -0.394 e. The molecule has 1 aliphatic rings. The van der Waals surface area contributed by atoms with Crippen molar-refractivity contribution in [3.05, 3.63) is 0 Å². The van der Waals surface area contributed by atoms with Crippen molar-refractivity contribution in [3.8, 4) is 0 Å². The van der Waals surface area contributed by atoms with E-state index < -0.39 is 5.54 Å². The van der Waals surface area contributed by atoms with Gasteiger partial charge in [-0.15, -0.1) is 0 Å². The summed E-state index contributed by atoms with van der Waals surface area (Å²) in [7, 11) is 0. The smallest absolute Gasteiger partial charge is 0.317 e. The van der Waals surface area contributed by atoms with Crippen LogP contribution in [0.5, 0.6) is 0 Å². The monoisotopic (exact) mass is 214 g/mol. The van der Waals surface area contributed by atoms with Crippen molar-refractivity contribution in [2.24, 2.45) is 5.92 Å². The number of nitrogens with zero attached hydrogens (tertiary/aromatic N) is 1. The number of urea groups is 1. The molecule has 0 atom stereocenters. The molecular weight excluding hydrogens is 192 g/mol. The Balaban J connectivity index is 2.41. The number of hydrogen-bond donors (Lipinski definition) is 2. The second-order valence-electron chi connectivity index (χ2n) is 5.14. The quantitative estimate of drug-likeness (QED) is 0.725. The maximum atomic E-state index is 11.8. The van der Waals surface area contributed by atoms with Gasteiger partial charge in [-0.05, 0) is 32.6 Å². The standard InChI is InChI=1S/C11H22N2O2/c1-9-4-6-13(7-5-9)10(15)12-11(2,3)8-14/h9,14H,4-8H2,1-3H3,(H,12,15). The molecule has 1 rings (SSSR count). The summed E-state index contributed by atoms with van der Waals surface area (Å²) in [4.78, 5) is 13.6. The molecule has 0 aromatic carbocycles. The fraction of sp³-hybridized carbons (Fsp3) is 0.909. The van der Waals surface area contributed by atoms with E-state index in [1.807, 2.05) is 18.7 Å². The van der Waals surface area contributed by atoms with Crippen molar-refractivity contribution in [1.29, 1.82) is 0 Å². The van der Waals surface area contributed by atoms with Gasteiger partial charge in [0, 0.05) is 13.1 Å². The number of carbonyl (C=O) groups excluding carboxylic acids is 1. The molecule has 0 spiro atoms. The molecule has 4 heteroatoms. The number of hydrogen-bond acceptors (Lipinski definition) is 2. The van der Waals surface area contributed by atoms with Gasteiger partial charge >= 0.3 is 6.03 Å². The Bertz CT molecular complexity index is 221. The molecule has 0 unspecified atom stereocenters. The van der Waals surface area contributed by atoms with E-state index in [0.717, 1.165) is 31.8 Å². The van der Waals surface area contributed by atoms with Crippen LogP contribution in [0.4, 0.5) is 4.79 Å². The van der Waals surface area contributed by atoms with Crippen LogP contribution in [0.1, 0.15) is 33.6 Å². The van der Waals surface area contributed by atoms with Gasteiger partial charge in [-0.1, -0.05) is 6.92 Å². The van der Waals surface area contributed by atoms with E-state index in [1.54, 1.807) is 0 Å². The molecule has 1 saturated heterocycles. The second-order valence-corrected chi connectivity index (χ2v) is 5.14. The summed E-state index contributed by atoms with van der Waals surface area (Å²) >= 11 is 0. The fourth-order valence-electron chi connectivity index (χ4n) is 1.62. The third-order valence-electron chi connectivity index (χ3n) is 2.91. The largest absolute Gasteiger partial charge is 0.394 e. The highest BCUT2D eigenvalue weighted by molar-refractivity contribution is 5.75. The lowest BCUT2D eigenvalue weighted by atomic mass is 9.99. The Morgan fingerprint density at radius 1 is 1.47 bits per heavy atom. The van der Waals surface area contributed by atoms with E-state index in [2.05, 4.69) is 12.2 Å². The van der Waals surface area contributed by atoms with E-state index in [-0.39, 0.29) is 12.6 Å². The number of carbonyl (C=O) groups is 1. The van der Waals surface area contributed by atoms with Crippen LogP contribution in [0, 0.1) is 5.92 Å². The molecule has 0 bridgehead atoms. The maximum Gasteiger partial charge on any atom is 0.317 e. The van der Waals surface area contributed by atoms with E-state index in [9.17, 15) is 4.79 Å². The zero-order valence-electron chi connectivity index (χ0n) is 9.92. The third kappa shape index (κ3) is 3.70. The zero-order valence-corrected chi connectivity index (χ0v) is 9.92. The molecule has 0 aromatic heterocycles. The van der Waals surface area contributed by atoms with Crippen molar-refractivity contribution >= 4 is 6.03 Å². The van der Waals surface area contributed by atoms with Crippen LogP contribution in [0.3, 0.4) is 0 Å². The molecule has 0 radical (unpaired) electrons. The number of likely N-dealkylation sites (tertiary alicyclic amines) is 1. The summed E-state index contributed by atoms with van der Waals surface area (Å²) in [6.45, 7) is 7.47. The summed E-state index contributed by atoms with van der Waals surface area (Å²) in [6.07, 6.45) is 2.15. The predicted octanol–water partition coefficient (Wildman–Crippen LogP) is 1.20. The number of amides is 2. The molecule has 4 nitrogen and oxygen atoms in total. The van der Waals surface area contributed by atoms with Crippen molar-refractivity contribution in [1.82, 2.24) is 10.2 Å². The Kier molecular flexibility index (Phi) is 3.97. The van der Waals surface area contributed by atoms with Crippen LogP contribution < -0.4 is 5.32 Å². The van der Waals surface area contributed by atoms with Gasteiger partial charge in [0.2, 0.25) is 0 Å². The van der Waals surface area contributed by atoms with Gasteiger partial charge in [0.05, 0.1) is 12.1 Å². The lowest BCUT2D eigenvalue weighted by molar-refractivity contribution is 0.145. The lowest BCUT2D eigenvalue weighted by Crippen LogP contribution is -2.53. The first-order chi connectivity index (χ1) is 6.94. The Hall–Kier alpha value is -0.770. The number of rotatable bonds is 2. The van der Waals surface area contributed by atoms with Crippen molar-refractivity contribution < 1.29 is 9.90 Å². The average Bonchev–Trinajstić information content (AvgIpc) is 2.18. The van der Waals surface area contributed by atoms with Crippen LogP contribution in [0.15, 0.2) is 0 Å². The van der Waals surface area contributed by atoms with Gasteiger partial charge in [0.1, 0.15) is 0 Å². The van der Waals surface area contributed by atoms with Gasteiger partial charge in [-0.25, -0.2) is 4.79 Å². The van der Waals surface area contributed by atoms with Gasteiger partial charge in [-0.3, -0.25) is 0 Å². The van der Waals surface area contributed by atoms with Crippen LogP contribution in [-0.2, 0) is 0 Å². The first-order valence-electron chi connectivity index (χ1n) is 5.62. The van der Waals surface area contributed by atoms with E-state index in [4.69, 9.17) is 5.11 Å². The maximum absolute atomic E-state index is 11.8. The number of nitrogens with one attached hydrogen (secondary N) is 1. The normalized spacial score (nSPS) is 19.1.